The smallest absolute Gasteiger partial charge is 0.236 e. The topological polar surface area (TPSA) is 43.4 Å². The maximum Gasteiger partial charge on any atom is 0.236 e. The average Bonchev–Trinajstić information content (AvgIpc) is 2.12. The lowest BCUT2D eigenvalue weighted by molar-refractivity contribution is 0.394. The molecular weight excluding hydrogens is 272 g/mol. The van der Waals surface area contributed by atoms with Gasteiger partial charge in [-0.05, 0) is 23.5 Å². The Balaban J connectivity index is 3.40. The van der Waals surface area contributed by atoms with Gasteiger partial charge in [-0.1, -0.05) is 32.9 Å². The molecule has 0 bridgehead atoms. The van der Waals surface area contributed by atoms with Crippen LogP contribution in [0.15, 0.2) is 12.1 Å². The van der Waals surface area contributed by atoms with Crippen molar-refractivity contribution in [3.63, 3.8) is 0 Å². The average molecular weight is 291 g/mol. The molecule has 0 amide bonds. The van der Waals surface area contributed by atoms with Crippen LogP contribution in [0.4, 0.5) is 0 Å². The summed E-state index contributed by atoms with van der Waals surface area (Å²) in [5.74, 6) is 0.640. The third-order valence-corrected chi connectivity index (χ3v) is 3.69. The van der Waals surface area contributed by atoms with Gasteiger partial charge in [-0.15, -0.1) is 0 Å². The number of hydrogen-bond acceptors (Lipinski definition) is 3. The van der Waals surface area contributed by atoms with Crippen molar-refractivity contribution in [2.45, 2.75) is 38.9 Å². The SMILES string of the molecule is COc1c(C)cc(CS(=O)(=O)Cl)cc1C(C)(C)C. The normalized spacial score (nSPS) is 12.6. The van der Waals surface area contributed by atoms with Crippen molar-refractivity contribution in [3.05, 3.63) is 28.8 Å². The quantitative estimate of drug-likeness (QED) is 0.802. The van der Waals surface area contributed by atoms with Crippen molar-refractivity contribution in [3.8, 4) is 5.75 Å². The largest absolute Gasteiger partial charge is 0.496 e. The van der Waals surface area contributed by atoms with Gasteiger partial charge in [0.05, 0.1) is 12.9 Å². The molecule has 0 N–H and O–H groups in total. The predicted molar refractivity (Wildman–Crippen MR) is 74.9 cm³/mol. The summed E-state index contributed by atoms with van der Waals surface area (Å²) < 4.78 is 27.7. The first-order valence-electron chi connectivity index (χ1n) is 5.65. The Morgan fingerprint density at radius 3 is 2.22 bits per heavy atom. The molecule has 0 heterocycles. The summed E-state index contributed by atoms with van der Waals surface area (Å²) in [7, 11) is 3.38. The fourth-order valence-corrected chi connectivity index (χ4v) is 2.90. The number of aryl methyl sites for hydroxylation is 1. The molecule has 0 unspecified atom stereocenters. The Hall–Kier alpha value is -0.740. The number of benzene rings is 1. The highest BCUT2D eigenvalue weighted by molar-refractivity contribution is 8.13. The van der Waals surface area contributed by atoms with Gasteiger partial charge in [0.25, 0.3) is 0 Å². The Morgan fingerprint density at radius 2 is 1.83 bits per heavy atom. The van der Waals surface area contributed by atoms with E-state index in [0.29, 0.717) is 5.56 Å². The summed E-state index contributed by atoms with van der Waals surface area (Å²) in [6.07, 6.45) is 0. The minimum absolute atomic E-state index is 0.123. The molecule has 0 saturated heterocycles. The van der Waals surface area contributed by atoms with Crippen LogP contribution >= 0.6 is 10.7 Å². The molecule has 1 aromatic carbocycles. The number of rotatable bonds is 3. The van der Waals surface area contributed by atoms with E-state index in [2.05, 4.69) is 20.8 Å². The summed E-state index contributed by atoms with van der Waals surface area (Å²) in [5, 5.41) is 0. The Labute approximate surface area is 114 Å². The highest BCUT2D eigenvalue weighted by Gasteiger charge is 2.22. The Bertz CT molecular complexity index is 542. The lowest BCUT2D eigenvalue weighted by Gasteiger charge is -2.24. The third kappa shape index (κ3) is 3.89. The first-order chi connectivity index (χ1) is 8.04. The molecule has 0 atom stereocenters. The van der Waals surface area contributed by atoms with Crippen molar-refractivity contribution in [2.24, 2.45) is 0 Å². The van der Waals surface area contributed by atoms with E-state index in [9.17, 15) is 8.42 Å². The van der Waals surface area contributed by atoms with E-state index in [-0.39, 0.29) is 11.2 Å². The number of methoxy groups -OCH3 is 1. The fourth-order valence-electron chi connectivity index (χ4n) is 1.96. The van der Waals surface area contributed by atoms with Gasteiger partial charge in [-0.3, -0.25) is 0 Å². The molecule has 1 rings (SSSR count). The zero-order valence-electron chi connectivity index (χ0n) is 11.4. The minimum Gasteiger partial charge on any atom is -0.496 e. The van der Waals surface area contributed by atoms with Crippen LogP contribution in [0.5, 0.6) is 5.75 Å². The van der Waals surface area contributed by atoms with E-state index in [1.165, 1.54) is 0 Å². The van der Waals surface area contributed by atoms with Gasteiger partial charge in [0, 0.05) is 16.2 Å². The zero-order chi connectivity index (χ0) is 14.1. The van der Waals surface area contributed by atoms with E-state index in [1.54, 1.807) is 13.2 Å². The van der Waals surface area contributed by atoms with Gasteiger partial charge in [-0.25, -0.2) is 8.42 Å². The lowest BCUT2D eigenvalue weighted by atomic mass is 9.84. The van der Waals surface area contributed by atoms with Gasteiger partial charge < -0.3 is 4.74 Å². The number of halogens is 1. The van der Waals surface area contributed by atoms with Crippen molar-refractivity contribution in [1.29, 1.82) is 0 Å². The lowest BCUT2D eigenvalue weighted by Crippen LogP contribution is -2.14. The van der Waals surface area contributed by atoms with Crippen molar-refractivity contribution < 1.29 is 13.2 Å². The summed E-state index contributed by atoms with van der Waals surface area (Å²) in [5.41, 5.74) is 2.47. The third-order valence-electron chi connectivity index (χ3n) is 2.69. The number of hydrogen-bond donors (Lipinski definition) is 0. The van der Waals surface area contributed by atoms with Gasteiger partial charge in [-0.2, -0.15) is 0 Å². The first kappa shape index (κ1) is 15.3. The highest BCUT2D eigenvalue weighted by Crippen LogP contribution is 2.35. The summed E-state index contributed by atoms with van der Waals surface area (Å²) >= 11 is 0. The predicted octanol–water partition coefficient (Wildman–Crippen LogP) is 3.37. The van der Waals surface area contributed by atoms with Gasteiger partial charge in [0.2, 0.25) is 9.05 Å². The maximum atomic E-state index is 11.2. The maximum absolute atomic E-state index is 11.2. The van der Waals surface area contributed by atoms with Crippen LogP contribution in [0.1, 0.15) is 37.5 Å². The van der Waals surface area contributed by atoms with Crippen LogP contribution in [0.2, 0.25) is 0 Å². The van der Waals surface area contributed by atoms with Gasteiger partial charge in [0.15, 0.2) is 0 Å². The monoisotopic (exact) mass is 290 g/mol. The summed E-state index contributed by atoms with van der Waals surface area (Å²) in [4.78, 5) is 0. The zero-order valence-corrected chi connectivity index (χ0v) is 12.9. The summed E-state index contributed by atoms with van der Waals surface area (Å²) in [6.45, 7) is 8.08. The molecular formula is C13H19ClO3S. The second-order valence-corrected chi connectivity index (χ2v) is 8.20. The molecule has 0 aliphatic heterocycles. The van der Waals surface area contributed by atoms with Gasteiger partial charge >= 0.3 is 0 Å². The molecule has 0 aliphatic rings. The molecule has 1 aromatic rings. The van der Waals surface area contributed by atoms with Crippen LogP contribution in [0, 0.1) is 6.92 Å². The first-order valence-corrected chi connectivity index (χ1v) is 8.13. The van der Waals surface area contributed by atoms with Crippen LogP contribution in [-0.4, -0.2) is 15.5 Å². The molecule has 5 heteroatoms. The molecule has 3 nitrogen and oxygen atoms in total. The van der Waals surface area contributed by atoms with Gasteiger partial charge in [0.1, 0.15) is 5.75 Å². The van der Waals surface area contributed by atoms with Crippen LogP contribution < -0.4 is 4.74 Å². The van der Waals surface area contributed by atoms with Crippen molar-refractivity contribution >= 4 is 19.7 Å². The summed E-state index contributed by atoms with van der Waals surface area (Å²) in [6, 6.07) is 3.65. The van der Waals surface area contributed by atoms with E-state index in [0.717, 1.165) is 16.9 Å². The molecule has 18 heavy (non-hydrogen) atoms. The molecule has 102 valence electrons. The van der Waals surface area contributed by atoms with E-state index < -0.39 is 9.05 Å². The van der Waals surface area contributed by atoms with Crippen LogP contribution in [0.3, 0.4) is 0 Å². The van der Waals surface area contributed by atoms with Crippen LogP contribution in [-0.2, 0) is 20.2 Å². The van der Waals surface area contributed by atoms with E-state index in [1.807, 2.05) is 13.0 Å². The molecule has 0 spiro atoms. The second-order valence-electron chi connectivity index (χ2n) is 5.43. The Morgan fingerprint density at radius 1 is 1.28 bits per heavy atom. The van der Waals surface area contributed by atoms with Crippen LogP contribution in [0.25, 0.3) is 0 Å². The Kier molecular flexibility index (Phi) is 4.34. The van der Waals surface area contributed by atoms with Crippen molar-refractivity contribution in [1.82, 2.24) is 0 Å². The standard InChI is InChI=1S/C13H19ClO3S/c1-9-6-10(8-18(14,15)16)7-11(12(9)17-5)13(2,3)4/h6-7H,8H2,1-5H3. The second kappa shape index (κ2) is 5.10. The van der Waals surface area contributed by atoms with Crippen molar-refractivity contribution in [2.75, 3.05) is 7.11 Å². The highest BCUT2D eigenvalue weighted by atomic mass is 35.7. The molecule has 0 aliphatic carbocycles. The number of ether oxygens (including phenoxy) is 1. The molecule has 0 aromatic heterocycles. The molecule has 0 fully saturated rings. The minimum atomic E-state index is -3.54. The molecule has 0 saturated carbocycles. The fraction of sp³-hybridized carbons (Fsp3) is 0.538. The van der Waals surface area contributed by atoms with E-state index in [4.69, 9.17) is 15.4 Å². The molecule has 0 radical (unpaired) electrons. The van der Waals surface area contributed by atoms with E-state index >= 15 is 0 Å².